The zero-order valence-electron chi connectivity index (χ0n) is 13.9. The zero-order valence-corrected chi connectivity index (χ0v) is 14.6. The van der Waals surface area contributed by atoms with Crippen molar-refractivity contribution < 1.29 is 14.5 Å². The molecule has 132 valence electrons. The molecule has 0 amide bonds. The molecule has 1 fully saturated rings. The van der Waals surface area contributed by atoms with E-state index in [1.54, 1.807) is 60.5 Å². The van der Waals surface area contributed by atoms with Crippen molar-refractivity contribution in [3.8, 4) is 0 Å². The van der Waals surface area contributed by atoms with Gasteiger partial charge >= 0.3 is 0 Å². The second-order valence-corrected chi connectivity index (χ2v) is 7.17. The van der Waals surface area contributed by atoms with Crippen molar-refractivity contribution in [3.05, 3.63) is 80.4 Å². The van der Waals surface area contributed by atoms with Crippen LogP contribution in [0.1, 0.15) is 32.2 Å². The molecule has 2 atom stereocenters. The van der Waals surface area contributed by atoms with E-state index < -0.39 is 22.4 Å². The van der Waals surface area contributed by atoms with Gasteiger partial charge in [-0.1, -0.05) is 48.0 Å². The van der Waals surface area contributed by atoms with Crippen LogP contribution in [0.5, 0.6) is 0 Å². The van der Waals surface area contributed by atoms with Gasteiger partial charge in [-0.2, -0.15) is 0 Å². The van der Waals surface area contributed by atoms with Crippen molar-refractivity contribution in [2.24, 2.45) is 0 Å². The average Bonchev–Trinajstić information content (AvgIpc) is 3.06. The van der Waals surface area contributed by atoms with Crippen molar-refractivity contribution in [3.63, 3.8) is 0 Å². The van der Waals surface area contributed by atoms with Crippen LogP contribution < -0.4 is 0 Å². The molecule has 0 radical (unpaired) electrons. The number of halogens is 1. The zero-order chi connectivity index (χ0) is 18.6. The summed E-state index contributed by atoms with van der Waals surface area (Å²) in [4.78, 5) is 39.6. The van der Waals surface area contributed by atoms with E-state index in [1.165, 1.54) is 0 Å². The average molecular weight is 371 g/mol. The third kappa shape index (κ3) is 2.03. The van der Waals surface area contributed by atoms with Crippen molar-refractivity contribution in [2.45, 2.75) is 17.5 Å². The standard InChI is InChI=1S/C19H15ClN2O4/c1-21-10-15(22(25)26)16(11-6-8-12(20)9-7-11)19(21)17(23)13-4-2-3-5-14(13)18(19)24/h2-9,15-16H,10H2,1H3/t15-,16+/m0/s1. The van der Waals surface area contributed by atoms with E-state index in [1.807, 2.05) is 0 Å². The van der Waals surface area contributed by atoms with Crippen LogP contribution >= 0.6 is 11.6 Å². The van der Waals surface area contributed by atoms with Gasteiger partial charge in [-0.3, -0.25) is 24.6 Å². The van der Waals surface area contributed by atoms with E-state index >= 15 is 0 Å². The number of fused-ring (bicyclic) bond motifs is 1. The maximum absolute atomic E-state index is 13.3. The van der Waals surface area contributed by atoms with Gasteiger partial charge in [-0.05, 0) is 24.7 Å². The minimum absolute atomic E-state index is 0.0196. The number of hydrogen-bond donors (Lipinski definition) is 0. The maximum atomic E-state index is 13.3. The number of ketones is 2. The number of likely N-dealkylation sites (N-methyl/N-ethyl adjacent to an activating group) is 1. The second-order valence-electron chi connectivity index (χ2n) is 6.73. The molecule has 4 rings (SSSR count). The van der Waals surface area contributed by atoms with Gasteiger partial charge in [0.1, 0.15) is 0 Å². The molecule has 6 nitrogen and oxygen atoms in total. The van der Waals surface area contributed by atoms with Crippen LogP contribution in [-0.4, -0.2) is 46.6 Å². The molecule has 0 unspecified atom stereocenters. The van der Waals surface area contributed by atoms with E-state index in [-0.39, 0.29) is 18.1 Å². The SMILES string of the molecule is CN1C[C@H]([N+](=O)[O-])[C@@H](c2ccc(Cl)cc2)C12C(=O)c1ccccc1C2=O. The van der Waals surface area contributed by atoms with Gasteiger partial charge in [-0.25, -0.2) is 0 Å². The van der Waals surface area contributed by atoms with Gasteiger partial charge in [0.25, 0.3) is 0 Å². The molecular weight excluding hydrogens is 356 g/mol. The maximum Gasteiger partial charge on any atom is 0.235 e. The summed E-state index contributed by atoms with van der Waals surface area (Å²) in [5, 5.41) is 12.2. The lowest BCUT2D eigenvalue weighted by Gasteiger charge is -2.33. The predicted molar refractivity (Wildman–Crippen MR) is 95.4 cm³/mol. The minimum Gasteiger partial charge on any atom is -0.291 e. The quantitative estimate of drug-likeness (QED) is 0.461. The topological polar surface area (TPSA) is 80.5 Å². The highest BCUT2D eigenvalue weighted by molar-refractivity contribution is 6.34. The molecule has 1 saturated heterocycles. The Kier molecular flexibility index (Phi) is 3.71. The molecular formula is C19H15ClN2O4. The molecule has 2 aliphatic rings. The number of hydrogen-bond acceptors (Lipinski definition) is 5. The Morgan fingerprint density at radius 2 is 1.62 bits per heavy atom. The Balaban J connectivity index is 1.96. The Morgan fingerprint density at radius 3 is 2.12 bits per heavy atom. The van der Waals surface area contributed by atoms with Crippen molar-refractivity contribution >= 4 is 23.2 Å². The highest BCUT2D eigenvalue weighted by Gasteiger charge is 2.69. The van der Waals surface area contributed by atoms with Gasteiger partial charge in [-0.15, -0.1) is 0 Å². The number of carbonyl (C=O) groups excluding carboxylic acids is 2. The number of Topliss-reactive ketones (excluding diaryl/α,β-unsaturated/α-hetero) is 2. The first-order valence-electron chi connectivity index (χ1n) is 8.18. The number of nitro groups is 1. The molecule has 1 heterocycles. The minimum atomic E-state index is -1.59. The van der Waals surface area contributed by atoms with E-state index in [0.29, 0.717) is 21.7 Å². The van der Waals surface area contributed by atoms with Crippen molar-refractivity contribution in [1.29, 1.82) is 0 Å². The first-order valence-corrected chi connectivity index (χ1v) is 8.55. The summed E-state index contributed by atoms with van der Waals surface area (Å²) < 4.78 is 0. The van der Waals surface area contributed by atoms with Crippen LogP contribution in [0.3, 0.4) is 0 Å². The summed E-state index contributed by atoms with van der Waals surface area (Å²) in [6.07, 6.45) is 0. The number of carbonyl (C=O) groups is 2. The summed E-state index contributed by atoms with van der Waals surface area (Å²) in [7, 11) is 1.61. The molecule has 0 saturated carbocycles. The molecule has 26 heavy (non-hydrogen) atoms. The molecule has 1 aliphatic heterocycles. The summed E-state index contributed by atoms with van der Waals surface area (Å²) in [5.74, 6) is -1.62. The number of rotatable bonds is 2. The Morgan fingerprint density at radius 1 is 1.08 bits per heavy atom. The van der Waals surface area contributed by atoms with Crippen LogP contribution in [0.2, 0.25) is 5.02 Å². The summed E-state index contributed by atoms with van der Waals surface area (Å²) >= 11 is 5.95. The largest absolute Gasteiger partial charge is 0.291 e. The number of benzene rings is 2. The predicted octanol–water partition coefficient (Wildman–Crippen LogP) is 2.83. The molecule has 2 aromatic carbocycles. The highest BCUT2D eigenvalue weighted by Crippen LogP contribution is 2.50. The molecule has 0 N–H and O–H groups in total. The first kappa shape index (κ1) is 16.9. The third-order valence-corrected chi connectivity index (χ3v) is 5.76. The van der Waals surface area contributed by atoms with E-state index in [2.05, 4.69) is 0 Å². The third-order valence-electron chi connectivity index (χ3n) is 5.51. The normalized spacial score (nSPS) is 24.2. The lowest BCUT2D eigenvalue weighted by molar-refractivity contribution is -0.521. The van der Waals surface area contributed by atoms with Crippen molar-refractivity contribution in [1.82, 2.24) is 4.90 Å². The van der Waals surface area contributed by atoms with Gasteiger partial charge in [0.15, 0.2) is 17.1 Å². The lowest BCUT2D eigenvalue weighted by Crippen LogP contribution is -2.55. The molecule has 7 heteroatoms. The Bertz CT molecular complexity index is 906. The molecule has 0 aromatic heterocycles. The van der Waals surface area contributed by atoms with E-state index in [4.69, 9.17) is 11.6 Å². The molecule has 0 bridgehead atoms. The van der Waals surface area contributed by atoms with Gasteiger partial charge in [0.2, 0.25) is 6.04 Å². The summed E-state index contributed by atoms with van der Waals surface area (Å²) in [6.45, 7) is 0.0196. The monoisotopic (exact) mass is 370 g/mol. The van der Waals surface area contributed by atoms with Gasteiger partial charge in [0.05, 0.1) is 12.5 Å². The summed E-state index contributed by atoms with van der Waals surface area (Å²) in [5.41, 5.74) is -0.371. The fraction of sp³-hybridized carbons (Fsp3) is 0.263. The molecule has 1 spiro atoms. The Labute approximate surface area is 154 Å². The van der Waals surface area contributed by atoms with Crippen LogP contribution in [0.4, 0.5) is 0 Å². The molecule has 1 aliphatic carbocycles. The van der Waals surface area contributed by atoms with E-state index in [0.717, 1.165) is 0 Å². The highest BCUT2D eigenvalue weighted by atomic mass is 35.5. The first-order chi connectivity index (χ1) is 12.4. The van der Waals surface area contributed by atoms with Gasteiger partial charge < -0.3 is 0 Å². The van der Waals surface area contributed by atoms with Crippen LogP contribution in [0.25, 0.3) is 0 Å². The fourth-order valence-electron chi connectivity index (χ4n) is 4.39. The van der Waals surface area contributed by atoms with Crippen LogP contribution in [0.15, 0.2) is 48.5 Å². The second kappa shape index (κ2) is 5.72. The number of nitrogens with zero attached hydrogens (tertiary/aromatic N) is 2. The van der Waals surface area contributed by atoms with E-state index in [9.17, 15) is 19.7 Å². The smallest absolute Gasteiger partial charge is 0.235 e. The van der Waals surface area contributed by atoms with Gasteiger partial charge in [0, 0.05) is 21.1 Å². The van der Waals surface area contributed by atoms with Crippen LogP contribution in [-0.2, 0) is 0 Å². The Hall–Kier alpha value is -2.57. The number of likely N-dealkylation sites (tertiary alicyclic amines) is 1. The fourth-order valence-corrected chi connectivity index (χ4v) is 4.52. The molecule has 2 aromatic rings. The summed E-state index contributed by atoms with van der Waals surface area (Å²) in [6, 6.07) is 12.1. The lowest BCUT2D eigenvalue weighted by atomic mass is 9.74. The van der Waals surface area contributed by atoms with Crippen molar-refractivity contribution in [2.75, 3.05) is 13.6 Å². The van der Waals surface area contributed by atoms with Crippen LogP contribution in [0, 0.1) is 10.1 Å².